The van der Waals surface area contributed by atoms with Gasteiger partial charge in [-0.2, -0.15) is 0 Å². The number of carbonyl (C=O) groups excluding carboxylic acids is 3. The minimum absolute atomic E-state index is 0.0404. The fourth-order valence-electron chi connectivity index (χ4n) is 2.35. The minimum atomic E-state index is -1.32. The molecule has 0 aromatic rings. The maximum absolute atomic E-state index is 12.1. The molecule has 0 aliphatic rings. The van der Waals surface area contributed by atoms with E-state index in [-0.39, 0.29) is 31.3 Å². The van der Waals surface area contributed by atoms with Gasteiger partial charge in [0.1, 0.15) is 12.1 Å². The van der Waals surface area contributed by atoms with Crippen LogP contribution in [-0.4, -0.2) is 77.7 Å². The molecule has 0 radical (unpaired) electrons. The highest BCUT2D eigenvalue weighted by Gasteiger charge is 2.25. The van der Waals surface area contributed by atoms with Gasteiger partial charge in [0.25, 0.3) is 0 Å². The zero-order valence-corrected chi connectivity index (χ0v) is 17.3. The molecule has 0 heterocycles. The molecule has 0 fully saturated rings. The second-order valence-electron chi connectivity index (χ2n) is 7.10. The quantitative estimate of drug-likeness (QED) is 0.0775. The van der Waals surface area contributed by atoms with Crippen molar-refractivity contribution in [2.24, 2.45) is 28.1 Å². The zero-order valence-electron chi connectivity index (χ0n) is 17.3. The number of guanidine groups is 1. The molecule has 0 rings (SSSR count). The SMILES string of the molecule is CC(C)C[C@H](NC(=O)CNC(=O)[C@H](CO)NC(=O)[C@@H](N)CCCN=C(N)N)C(=O)O. The van der Waals surface area contributed by atoms with Crippen LogP contribution < -0.4 is 33.2 Å². The molecule has 3 atom stereocenters. The highest BCUT2D eigenvalue weighted by molar-refractivity contribution is 5.92. The van der Waals surface area contributed by atoms with E-state index in [2.05, 4.69) is 20.9 Å². The van der Waals surface area contributed by atoms with Gasteiger partial charge in [-0.3, -0.25) is 19.4 Å². The van der Waals surface area contributed by atoms with Gasteiger partial charge in [0.15, 0.2) is 5.96 Å². The largest absolute Gasteiger partial charge is 0.480 e. The molecule has 0 aliphatic carbocycles. The topological polar surface area (TPSA) is 235 Å². The third kappa shape index (κ3) is 11.8. The van der Waals surface area contributed by atoms with Crippen LogP contribution in [0.1, 0.15) is 33.1 Å². The van der Waals surface area contributed by atoms with Crippen molar-refractivity contribution in [3.8, 4) is 0 Å². The van der Waals surface area contributed by atoms with Crippen LogP contribution >= 0.6 is 0 Å². The molecule has 13 heteroatoms. The number of aliphatic carboxylic acids is 1. The monoisotopic (exact) mass is 431 g/mol. The van der Waals surface area contributed by atoms with Gasteiger partial charge < -0.3 is 43.4 Å². The van der Waals surface area contributed by atoms with E-state index in [9.17, 15) is 24.3 Å². The van der Waals surface area contributed by atoms with Crippen LogP contribution in [0.2, 0.25) is 0 Å². The van der Waals surface area contributed by atoms with Gasteiger partial charge in [-0.1, -0.05) is 13.8 Å². The lowest BCUT2D eigenvalue weighted by atomic mass is 10.0. The number of amides is 3. The standard InChI is InChI=1S/C17H33N7O6/c1-9(2)6-11(16(29)30)23-13(26)7-22-15(28)12(8-25)24-14(27)10(18)4-3-5-21-17(19)20/h9-12,25H,3-8,18H2,1-2H3,(H,22,28)(H,23,26)(H,24,27)(H,29,30)(H4,19,20,21)/t10-,11-,12-/m0/s1. The second-order valence-corrected chi connectivity index (χ2v) is 7.10. The number of nitrogens with one attached hydrogen (secondary N) is 3. The first-order chi connectivity index (χ1) is 14.0. The van der Waals surface area contributed by atoms with Gasteiger partial charge in [-0.25, -0.2) is 4.79 Å². The Bertz CT molecular complexity index is 622. The fraction of sp³-hybridized carbons (Fsp3) is 0.706. The summed E-state index contributed by atoms with van der Waals surface area (Å²) >= 11 is 0. The lowest BCUT2D eigenvalue weighted by Crippen LogP contribution is -2.54. The van der Waals surface area contributed by atoms with Crippen molar-refractivity contribution in [2.45, 2.75) is 51.2 Å². The van der Waals surface area contributed by atoms with E-state index in [0.717, 1.165) is 0 Å². The number of aliphatic imine (C=N–C) groups is 1. The Morgan fingerprint density at radius 1 is 1.03 bits per heavy atom. The van der Waals surface area contributed by atoms with Crippen LogP contribution in [0.25, 0.3) is 0 Å². The average molecular weight is 431 g/mol. The normalized spacial score (nSPS) is 13.6. The first kappa shape index (κ1) is 27.1. The van der Waals surface area contributed by atoms with Crippen LogP contribution in [0.15, 0.2) is 4.99 Å². The van der Waals surface area contributed by atoms with E-state index in [1.165, 1.54) is 0 Å². The van der Waals surface area contributed by atoms with E-state index >= 15 is 0 Å². The van der Waals surface area contributed by atoms with Crippen LogP contribution in [0.5, 0.6) is 0 Å². The van der Waals surface area contributed by atoms with Gasteiger partial charge in [0.05, 0.1) is 19.2 Å². The summed E-state index contributed by atoms with van der Waals surface area (Å²) < 4.78 is 0. The Kier molecular flexibility index (Phi) is 12.7. The maximum atomic E-state index is 12.1. The van der Waals surface area contributed by atoms with Crippen molar-refractivity contribution in [3.05, 3.63) is 0 Å². The Hall–Kier alpha value is -2.93. The Morgan fingerprint density at radius 2 is 1.67 bits per heavy atom. The van der Waals surface area contributed by atoms with Crippen LogP contribution in [-0.2, 0) is 19.2 Å². The van der Waals surface area contributed by atoms with Gasteiger partial charge in [0.2, 0.25) is 17.7 Å². The van der Waals surface area contributed by atoms with E-state index in [1.54, 1.807) is 0 Å². The molecule has 0 unspecified atom stereocenters. The van der Waals surface area contributed by atoms with Gasteiger partial charge in [-0.05, 0) is 25.2 Å². The fourth-order valence-corrected chi connectivity index (χ4v) is 2.35. The van der Waals surface area contributed by atoms with Crippen molar-refractivity contribution in [1.29, 1.82) is 0 Å². The third-order valence-electron chi connectivity index (χ3n) is 3.88. The molecule has 0 spiro atoms. The van der Waals surface area contributed by atoms with Crippen molar-refractivity contribution >= 4 is 29.7 Å². The Morgan fingerprint density at radius 3 is 2.17 bits per heavy atom. The lowest BCUT2D eigenvalue weighted by Gasteiger charge is -2.20. The van der Waals surface area contributed by atoms with Crippen LogP contribution in [0.3, 0.4) is 0 Å². The van der Waals surface area contributed by atoms with E-state index in [4.69, 9.17) is 22.3 Å². The molecule has 0 aliphatic heterocycles. The molecule has 0 bridgehead atoms. The number of nitrogens with two attached hydrogens (primary N) is 3. The minimum Gasteiger partial charge on any atom is -0.480 e. The highest BCUT2D eigenvalue weighted by Crippen LogP contribution is 2.04. The number of hydrogen-bond donors (Lipinski definition) is 8. The number of carboxylic acids is 1. The van der Waals surface area contributed by atoms with Crippen molar-refractivity contribution in [1.82, 2.24) is 16.0 Å². The van der Waals surface area contributed by atoms with E-state index in [1.807, 2.05) is 13.8 Å². The number of aliphatic hydroxyl groups is 1. The molecule has 30 heavy (non-hydrogen) atoms. The lowest BCUT2D eigenvalue weighted by molar-refractivity contribution is -0.142. The number of carbonyl (C=O) groups is 4. The smallest absolute Gasteiger partial charge is 0.326 e. The molecule has 0 saturated heterocycles. The molecule has 0 aromatic carbocycles. The Labute approximate surface area is 174 Å². The van der Waals surface area contributed by atoms with Crippen molar-refractivity contribution in [2.75, 3.05) is 19.7 Å². The summed E-state index contributed by atoms with van der Waals surface area (Å²) in [6.45, 7) is 2.67. The van der Waals surface area contributed by atoms with Crippen LogP contribution in [0, 0.1) is 5.92 Å². The maximum Gasteiger partial charge on any atom is 0.326 e. The molecule has 0 saturated carbocycles. The Balaban J connectivity index is 4.52. The summed E-state index contributed by atoms with van der Waals surface area (Å²) in [5.74, 6) is -3.41. The third-order valence-corrected chi connectivity index (χ3v) is 3.88. The first-order valence-electron chi connectivity index (χ1n) is 9.50. The molecule has 0 aromatic heterocycles. The van der Waals surface area contributed by atoms with E-state index < -0.39 is 55.0 Å². The number of hydrogen-bond acceptors (Lipinski definition) is 7. The zero-order chi connectivity index (χ0) is 23.3. The molecule has 11 N–H and O–H groups in total. The number of aliphatic hydroxyl groups excluding tert-OH is 1. The highest BCUT2D eigenvalue weighted by atomic mass is 16.4. The van der Waals surface area contributed by atoms with Gasteiger partial charge in [-0.15, -0.1) is 0 Å². The molecule has 3 amide bonds. The van der Waals surface area contributed by atoms with Crippen molar-refractivity contribution < 1.29 is 29.4 Å². The van der Waals surface area contributed by atoms with E-state index in [0.29, 0.717) is 6.42 Å². The molecular formula is C17H33N7O6. The summed E-state index contributed by atoms with van der Waals surface area (Å²) in [4.78, 5) is 51.0. The molecule has 172 valence electrons. The van der Waals surface area contributed by atoms with Crippen molar-refractivity contribution in [3.63, 3.8) is 0 Å². The summed E-state index contributed by atoms with van der Waals surface area (Å²) in [7, 11) is 0. The number of rotatable bonds is 14. The van der Waals surface area contributed by atoms with Crippen LogP contribution in [0.4, 0.5) is 0 Å². The molecule has 13 nitrogen and oxygen atoms in total. The number of nitrogens with zero attached hydrogens (tertiary/aromatic N) is 1. The van der Waals surface area contributed by atoms with Gasteiger partial charge in [0, 0.05) is 6.54 Å². The average Bonchev–Trinajstić information content (AvgIpc) is 2.65. The summed E-state index contributed by atoms with van der Waals surface area (Å²) in [5, 5.41) is 25.3. The molecular weight excluding hydrogens is 398 g/mol. The first-order valence-corrected chi connectivity index (χ1v) is 9.50. The summed E-state index contributed by atoms with van der Waals surface area (Å²) in [6.07, 6.45) is 0.909. The summed E-state index contributed by atoms with van der Waals surface area (Å²) in [6, 6.07) is -3.35. The predicted molar refractivity (Wildman–Crippen MR) is 109 cm³/mol. The predicted octanol–water partition coefficient (Wildman–Crippen LogP) is -3.42. The van der Waals surface area contributed by atoms with Gasteiger partial charge >= 0.3 is 5.97 Å². The number of carboxylic acid groups (broad SMARTS) is 1. The second kappa shape index (κ2) is 14.1. The summed E-state index contributed by atoms with van der Waals surface area (Å²) in [5.41, 5.74) is 16.1.